The molecule has 0 radical (unpaired) electrons. The zero-order valence-electron chi connectivity index (χ0n) is 13.3. The number of hydrogen-bond donors (Lipinski definition) is 5. The first-order chi connectivity index (χ1) is 9.95. The van der Waals surface area contributed by atoms with Gasteiger partial charge in [-0.1, -0.05) is 32.6 Å². The molecule has 5 N–H and O–H groups in total. The first-order valence-electron chi connectivity index (χ1n) is 7.60. The Bertz CT molecular complexity index is 275. The first-order valence-corrected chi connectivity index (χ1v) is 7.60. The SMILES string of the molecule is CCCCCCC(CCO)(CCO)C(=N)C(=O)O.CCO. The monoisotopic (exact) mass is 305 g/mol. The Kier molecular flexibility index (Phi) is 14.8. The summed E-state index contributed by atoms with van der Waals surface area (Å²) in [4.78, 5) is 11.0. The molecule has 0 saturated heterocycles. The minimum absolute atomic E-state index is 0.163. The minimum Gasteiger partial charge on any atom is -0.477 e. The van der Waals surface area contributed by atoms with Crippen molar-refractivity contribution in [1.82, 2.24) is 0 Å². The summed E-state index contributed by atoms with van der Waals surface area (Å²) in [7, 11) is 0. The molecule has 0 rings (SSSR count). The highest BCUT2D eigenvalue weighted by molar-refractivity contribution is 6.36. The molecule has 0 saturated carbocycles. The third-order valence-electron chi connectivity index (χ3n) is 3.43. The number of nitrogens with one attached hydrogen (secondary N) is 1. The van der Waals surface area contributed by atoms with Gasteiger partial charge in [-0.15, -0.1) is 0 Å². The van der Waals surface area contributed by atoms with Gasteiger partial charge in [-0.25, -0.2) is 4.79 Å². The van der Waals surface area contributed by atoms with E-state index in [0.29, 0.717) is 6.42 Å². The third-order valence-corrected chi connectivity index (χ3v) is 3.43. The summed E-state index contributed by atoms with van der Waals surface area (Å²) in [6, 6.07) is 0. The van der Waals surface area contributed by atoms with Crippen molar-refractivity contribution in [3.05, 3.63) is 0 Å². The van der Waals surface area contributed by atoms with Gasteiger partial charge in [-0.05, 0) is 26.2 Å². The summed E-state index contributed by atoms with van der Waals surface area (Å²) in [6.45, 7) is 3.70. The number of aliphatic hydroxyl groups is 3. The molecule has 0 aromatic carbocycles. The average Bonchev–Trinajstić information content (AvgIpc) is 2.44. The van der Waals surface area contributed by atoms with E-state index >= 15 is 0 Å². The van der Waals surface area contributed by atoms with Crippen LogP contribution < -0.4 is 0 Å². The molecule has 0 aromatic heterocycles. The third kappa shape index (κ3) is 9.55. The molecule has 0 aliphatic heterocycles. The first kappa shape index (κ1) is 22.3. The van der Waals surface area contributed by atoms with Gasteiger partial charge in [-0.3, -0.25) is 5.41 Å². The number of carboxylic acid groups (broad SMARTS) is 1. The molecule has 0 fully saturated rings. The number of rotatable bonds is 11. The van der Waals surface area contributed by atoms with E-state index in [2.05, 4.69) is 6.92 Å². The van der Waals surface area contributed by atoms with Gasteiger partial charge in [0.1, 0.15) is 5.71 Å². The lowest BCUT2D eigenvalue weighted by atomic mass is 9.73. The Morgan fingerprint density at radius 1 is 0.952 bits per heavy atom. The summed E-state index contributed by atoms with van der Waals surface area (Å²) >= 11 is 0. The number of aliphatic carboxylic acids is 1. The molecule has 0 aliphatic carbocycles. The van der Waals surface area contributed by atoms with E-state index in [1.165, 1.54) is 0 Å². The van der Waals surface area contributed by atoms with Crippen molar-refractivity contribution in [3.63, 3.8) is 0 Å². The highest BCUT2D eigenvalue weighted by Crippen LogP contribution is 2.34. The van der Waals surface area contributed by atoms with Crippen LogP contribution in [0.4, 0.5) is 0 Å². The smallest absolute Gasteiger partial charge is 0.350 e. The molecule has 0 aliphatic rings. The van der Waals surface area contributed by atoms with Crippen LogP contribution in [0.1, 0.15) is 58.8 Å². The second-order valence-corrected chi connectivity index (χ2v) is 5.03. The average molecular weight is 305 g/mol. The Labute approximate surface area is 127 Å². The van der Waals surface area contributed by atoms with Gasteiger partial charge >= 0.3 is 5.97 Å². The zero-order valence-corrected chi connectivity index (χ0v) is 13.3. The van der Waals surface area contributed by atoms with Crippen molar-refractivity contribution >= 4 is 11.7 Å². The lowest BCUT2D eigenvalue weighted by molar-refractivity contribution is -0.130. The summed E-state index contributed by atoms with van der Waals surface area (Å²) in [5.74, 6) is -1.26. The number of unbranched alkanes of at least 4 members (excludes halogenated alkanes) is 3. The van der Waals surface area contributed by atoms with Crippen molar-refractivity contribution in [1.29, 1.82) is 5.41 Å². The van der Waals surface area contributed by atoms with E-state index in [9.17, 15) is 4.79 Å². The molecule has 0 atom stereocenters. The second-order valence-electron chi connectivity index (χ2n) is 5.03. The molecule has 0 heterocycles. The molecule has 0 bridgehead atoms. The van der Waals surface area contributed by atoms with Crippen molar-refractivity contribution in [2.45, 2.75) is 58.8 Å². The molecule has 0 spiro atoms. The van der Waals surface area contributed by atoms with E-state index in [1.54, 1.807) is 6.92 Å². The zero-order chi connectivity index (χ0) is 16.7. The number of carbonyl (C=O) groups is 1. The molecule has 0 unspecified atom stereocenters. The Hall–Kier alpha value is -0.980. The van der Waals surface area contributed by atoms with Crippen LogP contribution in [0.25, 0.3) is 0 Å². The Balaban J connectivity index is 0. The molecule has 6 heteroatoms. The highest BCUT2D eigenvalue weighted by Gasteiger charge is 2.37. The molecule has 0 amide bonds. The van der Waals surface area contributed by atoms with Crippen LogP contribution >= 0.6 is 0 Å². The van der Waals surface area contributed by atoms with Gasteiger partial charge in [0.05, 0.1) is 0 Å². The molecular weight excluding hydrogens is 274 g/mol. The van der Waals surface area contributed by atoms with Crippen molar-refractivity contribution in [2.75, 3.05) is 19.8 Å². The van der Waals surface area contributed by atoms with Gasteiger partial charge in [0.15, 0.2) is 0 Å². The fourth-order valence-electron chi connectivity index (χ4n) is 2.30. The van der Waals surface area contributed by atoms with E-state index in [4.69, 9.17) is 25.8 Å². The Morgan fingerprint density at radius 2 is 1.43 bits per heavy atom. The van der Waals surface area contributed by atoms with Crippen LogP contribution in [0.3, 0.4) is 0 Å². The van der Waals surface area contributed by atoms with Crippen molar-refractivity contribution in [3.8, 4) is 0 Å². The van der Waals surface area contributed by atoms with E-state index in [0.717, 1.165) is 25.7 Å². The number of aliphatic hydroxyl groups excluding tert-OH is 3. The maximum absolute atomic E-state index is 11.0. The second kappa shape index (κ2) is 14.0. The minimum atomic E-state index is -1.26. The Morgan fingerprint density at radius 3 is 1.76 bits per heavy atom. The quantitative estimate of drug-likeness (QED) is 0.294. The van der Waals surface area contributed by atoms with Gasteiger partial charge in [0.25, 0.3) is 0 Å². The molecular formula is C15H31NO5. The number of hydrogen-bond acceptors (Lipinski definition) is 5. The van der Waals surface area contributed by atoms with Gasteiger partial charge in [0, 0.05) is 25.2 Å². The van der Waals surface area contributed by atoms with Crippen LogP contribution in [0.2, 0.25) is 0 Å². The predicted octanol–water partition coefficient (Wildman–Crippen LogP) is 1.81. The molecule has 21 heavy (non-hydrogen) atoms. The predicted molar refractivity (Wildman–Crippen MR) is 82.7 cm³/mol. The van der Waals surface area contributed by atoms with Crippen LogP contribution in [-0.4, -0.2) is 51.9 Å². The van der Waals surface area contributed by atoms with Crippen LogP contribution in [0.5, 0.6) is 0 Å². The van der Waals surface area contributed by atoms with Crippen LogP contribution in [-0.2, 0) is 4.79 Å². The lowest BCUT2D eigenvalue weighted by Gasteiger charge is -2.31. The largest absolute Gasteiger partial charge is 0.477 e. The molecule has 126 valence electrons. The molecule has 6 nitrogen and oxygen atoms in total. The number of carboxylic acids is 1. The fourth-order valence-corrected chi connectivity index (χ4v) is 2.30. The summed E-state index contributed by atoms with van der Waals surface area (Å²) in [5.41, 5.74) is -1.27. The highest BCUT2D eigenvalue weighted by atomic mass is 16.4. The standard InChI is InChI=1S/C13H25NO4.C2H6O/c1-2-3-4-5-6-13(7-9-15,8-10-16)11(14)12(17)18;1-2-3/h14-16H,2-10H2,1H3,(H,17,18);3H,2H2,1H3. The van der Waals surface area contributed by atoms with Gasteiger partial charge in [0.2, 0.25) is 0 Å². The van der Waals surface area contributed by atoms with E-state index in [1.807, 2.05) is 0 Å². The maximum Gasteiger partial charge on any atom is 0.350 e. The maximum atomic E-state index is 11.0. The summed E-state index contributed by atoms with van der Waals surface area (Å²) < 4.78 is 0. The van der Waals surface area contributed by atoms with Crippen molar-refractivity contribution < 1.29 is 25.2 Å². The molecule has 0 aromatic rings. The normalized spacial score (nSPS) is 10.7. The van der Waals surface area contributed by atoms with Crippen LogP contribution in [0.15, 0.2) is 0 Å². The topological polar surface area (TPSA) is 122 Å². The fraction of sp³-hybridized carbons (Fsp3) is 0.867. The van der Waals surface area contributed by atoms with Gasteiger partial charge in [-0.2, -0.15) is 0 Å². The summed E-state index contributed by atoms with van der Waals surface area (Å²) in [5, 5.41) is 42.5. The van der Waals surface area contributed by atoms with Gasteiger partial charge < -0.3 is 20.4 Å². The van der Waals surface area contributed by atoms with Crippen molar-refractivity contribution in [2.24, 2.45) is 5.41 Å². The van der Waals surface area contributed by atoms with Crippen LogP contribution in [0, 0.1) is 10.8 Å². The lowest BCUT2D eigenvalue weighted by Crippen LogP contribution is -2.38. The van der Waals surface area contributed by atoms with E-state index in [-0.39, 0.29) is 38.4 Å². The summed E-state index contributed by atoms with van der Waals surface area (Å²) in [6.07, 6.45) is 4.97. The van der Waals surface area contributed by atoms with E-state index < -0.39 is 11.4 Å².